The van der Waals surface area contributed by atoms with Crippen LogP contribution in [0.5, 0.6) is 0 Å². The van der Waals surface area contributed by atoms with Crippen LogP contribution in [0, 0.1) is 5.92 Å². The minimum atomic E-state index is 0.841. The lowest BCUT2D eigenvalue weighted by molar-refractivity contribution is 0.245. The number of rotatable bonds is 5. The van der Waals surface area contributed by atoms with Crippen LogP contribution >= 0.6 is 15.9 Å². The van der Waals surface area contributed by atoms with Gasteiger partial charge in [-0.2, -0.15) is 0 Å². The third-order valence-electron chi connectivity index (χ3n) is 3.66. The van der Waals surface area contributed by atoms with Crippen LogP contribution in [0.15, 0.2) is 28.7 Å². The molecule has 1 saturated heterocycles. The van der Waals surface area contributed by atoms with E-state index in [0.29, 0.717) is 0 Å². The summed E-state index contributed by atoms with van der Waals surface area (Å²) in [7, 11) is 2.24. The van der Waals surface area contributed by atoms with Crippen LogP contribution in [0.4, 0.5) is 0 Å². The van der Waals surface area contributed by atoms with Gasteiger partial charge in [0.15, 0.2) is 0 Å². The Labute approximate surface area is 119 Å². The second-order valence-electron chi connectivity index (χ2n) is 5.35. The van der Waals surface area contributed by atoms with Gasteiger partial charge in [-0.15, -0.1) is 0 Å². The molecule has 1 aromatic rings. The number of likely N-dealkylation sites (N-methyl/N-ethyl adjacent to an activating group) is 1. The zero-order chi connectivity index (χ0) is 12.8. The molecule has 2 rings (SSSR count). The van der Waals surface area contributed by atoms with Gasteiger partial charge in [0.2, 0.25) is 0 Å². The lowest BCUT2D eigenvalue weighted by atomic mass is 9.99. The second-order valence-corrected chi connectivity index (χ2v) is 6.27. The van der Waals surface area contributed by atoms with E-state index >= 15 is 0 Å². The summed E-state index contributed by atoms with van der Waals surface area (Å²) in [5.41, 5.74) is 1.42. The highest BCUT2D eigenvalue weighted by Gasteiger charge is 2.14. The number of nitrogens with zero attached hydrogens (tertiary/aromatic N) is 1. The molecule has 1 aliphatic heterocycles. The van der Waals surface area contributed by atoms with Crippen LogP contribution in [-0.2, 0) is 6.42 Å². The quantitative estimate of drug-likeness (QED) is 0.899. The van der Waals surface area contributed by atoms with Crippen molar-refractivity contribution >= 4 is 15.9 Å². The van der Waals surface area contributed by atoms with E-state index in [1.165, 1.54) is 38.0 Å². The molecule has 2 nitrogen and oxygen atoms in total. The van der Waals surface area contributed by atoms with Gasteiger partial charge in [-0.25, -0.2) is 0 Å². The molecule has 0 aromatic heterocycles. The summed E-state index contributed by atoms with van der Waals surface area (Å²) < 4.78 is 1.16. The average Bonchev–Trinajstić information content (AvgIpc) is 2.39. The monoisotopic (exact) mass is 310 g/mol. The van der Waals surface area contributed by atoms with Crippen molar-refractivity contribution in [3.05, 3.63) is 34.3 Å². The standard InChI is InChI=1S/C15H23BrN2/c1-18(12-14-3-2-9-17-11-14)10-8-13-4-6-15(16)7-5-13/h4-7,14,17H,2-3,8-12H2,1H3. The molecule has 1 aromatic carbocycles. The molecule has 0 aliphatic carbocycles. The molecular weight excluding hydrogens is 288 g/mol. The van der Waals surface area contributed by atoms with Crippen molar-refractivity contribution in [3.8, 4) is 0 Å². The molecule has 1 aliphatic rings. The van der Waals surface area contributed by atoms with Gasteiger partial charge < -0.3 is 10.2 Å². The fourth-order valence-corrected chi connectivity index (χ4v) is 2.85. The van der Waals surface area contributed by atoms with Crippen molar-refractivity contribution in [3.63, 3.8) is 0 Å². The van der Waals surface area contributed by atoms with Gasteiger partial charge in [-0.3, -0.25) is 0 Å². The largest absolute Gasteiger partial charge is 0.316 e. The predicted molar refractivity (Wildman–Crippen MR) is 80.9 cm³/mol. The minimum absolute atomic E-state index is 0.841. The molecule has 1 unspecified atom stereocenters. The summed E-state index contributed by atoms with van der Waals surface area (Å²) in [6, 6.07) is 8.67. The van der Waals surface area contributed by atoms with Gasteiger partial charge in [-0.05, 0) is 63.0 Å². The number of halogens is 1. The van der Waals surface area contributed by atoms with E-state index in [-0.39, 0.29) is 0 Å². The summed E-state index contributed by atoms with van der Waals surface area (Å²) in [5, 5.41) is 3.49. The van der Waals surface area contributed by atoms with Crippen LogP contribution < -0.4 is 5.32 Å². The predicted octanol–water partition coefficient (Wildman–Crippen LogP) is 2.92. The maximum atomic E-state index is 3.49. The van der Waals surface area contributed by atoms with Crippen LogP contribution in [0.3, 0.4) is 0 Å². The third kappa shape index (κ3) is 4.71. The van der Waals surface area contributed by atoms with E-state index < -0.39 is 0 Å². The summed E-state index contributed by atoms with van der Waals surface area (Å²) in [6.45, 7) is 4.78. The molecule has 0 amide bonds. The Morgan fingerprint density at radius 3 is 2.78 bits per heavy atom. The van der Waals surface area contributed by atoms with Gasteiger partial charge in [0.25, 0.3) is 0 Å². The lowest BCUT2D eigenvalue weighted by Crippen LogP contribution is -2.37. The first-order valence-corrected chi connectivity index (χ1v) is 7.67. The highest BCUT2D eigenvalue weighted by Crippen LogP contribution is 2.13. The Kier molecular flexibility index (Phi) is 5.67. The molecular formula is C15H23BrN2. The van der Waals surface area contributed by atoms with Crippen molar-refractivity contribution in [2.24, 2.45) is 5.92 Å². The van der Waals surface area contributed by atoms with Crippen molar-refractivity contribution < 1.29 is 0 Å². The molecule has 0 saturated carbocycles. The molecule has 0 radical (unpaired) electrons. The fraction of sp³-hybridized carbons (Fsp3) is 0.600. The number of hydrogen-bond acceptors (Lipinski definition) is 2. The Morgan fingerprint density at radius 2 is 2.11 bits per heavy atom. The Morgan fingerprint density at radius 1 is 1.33 bits per heavy atom. The van der Waals surface area contributed by atoms with E-state index in [4.69, 9.17) is 0 Å². The first-order valence-electron chi connectivity index (χ1n) is 6.88. The summed E-state index contributed by atoms with van der Waals surface area (Å²) in [6.07, 6.45) is 3.87. The SMILES string of the molecule is CN(CCc1ccc(Br)cc1)CC1CCCNC1. The van der Waals surface area contributed by atoms with Gasteiger partial charge >= 0.3 is 0 Å². The van der Waals surface area contributed by atoms with Gasteiger partial charge in [0, 0.05) is 17.6 Å². The Hall–Kier alpha value is -0.380. The van der Waals surface area contributed by atoms with E-state index in [9.17, 15) is 0 Å². The molecule has 3 heteroatoms. The molecule has 1 N–H and O–H groups in total. The lowest BCUT2D eigenvalue weighted by Gasteiger charge is -2.27. The summed E-state index contributed by atoms with van der Waals surface area (Å²) in [4.78, 5) is 2.47. The fourth-order valence-electron chi connectivity index (χ4n) is 2.58. The van der Waals surface area contributed by atoms with Crippen LogP contribution in [0.1, 0.15) is 18.4 Å². The molecule has 100 valence electrons. The molecule has 18 heavy (non-hydrogen) atoms. The maximum Gasteiger partial charge on any atom is 0.0175 e. The minimum Gasteiger partial charge on any atom is -0.316 e. The average molecular weight is 311 g/mol. The maximum absolute atomic E-state index is 3.49. The zero-order valence-corrected chi connectivity index (χ0v) is 12.7. The third-order valence-corrected chi connectivity index (χ3v) is 4.19. The van der Waals surface area contributed by atoms with Crippen molar-refractivity contribution in [1.82, 2.24) is 10.2 Å². The molecule has 1 fully saturated rings. The molecule has 0 bridgehead atoms. The molecule has 1 atom stereocenters. The Balaban J connectivity index is 1.70. The van der Waals surface area contributed by atoms with Gasteiger partial charge in [0.05, 0.1) is 0 Å². The van der Waals surface area contributed by atoms with Crippen molar-refractivity contribution in [2.75, 3.05) is 33.2 Å². The topological polar surface area (TPSA) is 15.3 Å². The smallest absolute Gasteiger partial charge is 0.0175 e. The highest BCUT2D eigenvalue weighted by molar-refractivity contribution is 9.10. The van der Waals surface area contributed by atoms with Crippen molar-refractivity contribution in [2.45, 2.75) is 19.3 Å². The first-order chi connectivity index (χ1) is 8.74. The Bertz CT molecular complexity index is 344. The summed E-state index contributed by atoms with van der Waals surface area (Å²) in [5.74, 6) is 0.841. The van der Waals surface area contributed by atoms with Crippen LogP contribution in [-0.4, -0.2) is 38.1 Å². The van der Waals surface area contributed by atoms with Crippen molar-refractivity contribution in [1.29, 1.82) is 0 Å². The number of nitrogens with one attached hydrogen (secondary N) is 1. The van der Waals surface area contributed by atoms with Gasteiger partial charge in [0.1, 0.15) is 0 Å². The summed E-state index contributed by atoms with van der Waals surface area (Å²) >= 11 is 3.47. The number of hydrogen-bond donors (Lipinski definition) is 1. The van der Waals surface area contributed by atoms with E-state index in [1.807, 2.05) is 0 Å². The van der Waals surface area contributed by atoms with Crippen LogP contribution in [0.25, 0.3) is 0 Å². The van der Waals surface area contributed by atoms with Crippen LogP contribution in [0.2, 0.25) is 0 Å². The van der Waals surface area contributed by atoms with E-state index in [1.54, 1.807) is 0 Å². The van der Waals surface area contributed by atoms with Gasteiger partial charge in [-0.1, -0.05) is 28.1 Å². The highest BCUT2D eigenvalue weighted by atomic mass is 79.9. The number of piperidine rings is 1. The molecule has 1 heterocycles. The molecule has 0 spiro atoms. The zero-order valence-electron chi connectivity index (χ0n) is 11.2. The first kappa shape index (κ1) is 14.0. The van der Waals surface area contributed by atoms with E-state index in [0.717, 1.165) is 23.4 Å². The van der Waals surface area contributed by atoms with E-state index in [2.05, 4.69) is 57.5 Å². The second kappa shape index (κ2) is 7.27. The number of benzene rings is 1. The normalized spacial score (nSPS) is 20.3.